The highest BCUT2D eigenvalue weighted by molar-refractivity contribution is 8.02. The van der Waals surface area contributed by atoms with E-state index < -0.39 is 17.3 Å². The van der Waals surface area contributed by atoms with E-state index in [0.717, 1.165) is 20.7 Å². The van der Waals surface area contributed by atoms with Crippen molar-refractivity contribution >= 4 is 34.9 Å². The van der Waals surface area contributed by atoms with Crippen molar-refractivity contribution in [2.75, 3.05) is 11.8 Å². The average molecular weight is 389 g/mol. The summed E-state index contributed by atoms with van der Waals surface area (Å²) in [5.41, 5.74) is 2.31. The Hall–Kier alpha value is -2.51. The molecule has 0 bridgehead atoms. The van der Waals surface area contributed by atoms with Crippen LogP contribution in [0, 0.1) is 12.7 Å². The standard InChI is InChI=1S/C19H16FNO3S2/c1-11-3-5-12(6-4-11)17-7-8-18(25-17)26-21-15-10-14(20)13(19(22)23)9-16(15)24-2/h3-10,21H,1-2H3,(H,22,23). The molecule has 7 heteroatoms. The zero-order valence-electron chi connectivity index (χ0n) is 14.1. The fourth-order valence-electron chi connectivity index (χ4n) is 2.32. The van der Waals surface area contributed by atoms with Gasteiger partial charge >= 0.3 is 5.97 Å². The minimum atomic E-state index is -1.33. The van der Waals surface area contributed by atoms with E-state index in [1.165, 1.54) is 30.7 Å². The topological polar surface area (TPSA) is 58.6 Å². The molecule has 1 aromatic heterocycles. The zero-order chi connectivity index (χ0) is 18.7. The van der Waals surface area contributed by atoms with Gasteiger partial charge in [-0.25, -0.2) is 9.18 Å². The van der Waals surface area contributed by atoms with Gasteiger partial charge in [0.2, 0.25) is 0 Å². The van der Waals surface area contributed by atoms with Gasteiger partial charge in [0, 0.05) is 10.9 Å². The molecule has 2 aromatic carbocycles. The van der Waals surface area contributed by atoms with E-state index in [1.54, 1.807) is 11.3 Å². The number of methoxy groups -OCH3 is 1. The third-order valence-electron chi connectivity index (χ3n) is 3.70. The van der Waals surface area contributed by atoms with E-state index in [2.05, 4.69) is 29.0 Å². The molecule has 0 saturated carbocycles. The van der Waals surface area contributed by atoms with E-state index in [1.807, 2.05) is 19.1 Å². The molecular formula is C19H16FNO3S2. The first-order chi connectivity index (χ1) is 12.5. The number of halogens is 1. The molecule has 26 heavy (non-hydrogen) atoms. The number of benzene rings is 2. The van der Waals surface area contributed by atoms with Crippen molar-refractivity contribution in [2.24, 2.45) is 0 Å². The summed E-state index contributed by atoms with van der Waals surface area (Å²) in [4.78, 5) is 12.2. The molecule has 3 rings (SSSR count). The van der Waals surface area contributed by atoms with Crippen molar-refractivity contribution in [3.8, 4) is 16.2 Å². The summed E-state index contributed by atoms with van der Waals surface area (Å²) in [6.07, 6.45) is 0. The highest BCUT2D eigenvalue weighted by atomic mass is 32.2. The lowest BCUT2D eigenvalue weighted by Gasteiger charge is -2.11. The Morgan fingerprint density at radius 1 is 1.19 bits per heavy atom. The monoisotopic (exact) mass is 389 g/mol. The van der Waals surface area contributed by atoms with Crippen LogP contribution >= 0.6 is 23.3 Å². The van der Waals surface area contributed by atoms with Crippen LogP contribution in [0.3, 0.4) is 0 Å². The number of thiophene rings is 1. The number of ether oxygens (including phenoxy) is 1. The van der Waals surface area contributed by atoms with Gasteiger partial charge in [-0.15, -0.1) is 11.3 Å². The molecule has 134 valence electrons. The van der Waals surface area contributed by atoms with Crippen molar-refractivity contribution < 1.29 is 19.0 Å². The first-order valence-electron chi connectivity index (χ1n) is 7.68. The first kappa shape index (κ1) is 18.3. The number of rotatable bonds is 6. The minimum Gasteiger partial charge on any atom is -0.495 e. The molecule has 0 aliphatic heterocycles. The lowest BCUT2D eigenvalue weighted by Crippen LogP contribution is -2.03. The third-order valence-corrected chi connectivity index (χ3v) is 5.79. The van der Waals surface area contributed by atoms with Gasteiger partial charge in [-0.05, 0) is 42.6 Å². The van der Waals surface area contributed by atoms with E-state index in [-0.39, 0.29) is 5.75 Å². The fraction of sp³-hybridized carbons (Fsp3) is 0.105. The van der Waals surface area contributed by atoms with Crippen LogP contribution in [0.25, 0.3) is 10.4 Å². The van der Waals surface area contributed by atoms with Crippen molar-refractivity contribution in [3.63, 3.8) is 0 Å². The maximum Gasteiger partial charge on any atom is 0.338 e. The van der Waals surface area contributed by atoms with Crippen LogP contribution in [-0.4, -0.2) is 18.2 Å². The quantitative estimate of drug-likeness (QED) is 0.531. The molecule has 0 saturated heterocycles. The molecule has 2 N–H and O–H groups in total. The summed E-state index contributed by atoms with van der Waals surface area (Å²) in [7, 11) is 1.41. The first-order valence-corrected chi connectivity index (χ1v) is 9.32. The highest BCUT2D eigenvalue weighted by Gasteiger charge is 2.16. The molecule has 0 amide bonds. The summed E-state index contributed by atoms with van der Waals surface area (Å²) >= 11 is 2.93. The second kappa shape index (κ2) is 7.80. The maximum absolute atomic E-state index is 13.9. The number of hydrogen-bond donors (Lipinski definition) is 2. The normalized spacial score (nSPS) is 10.6. The smallest absolute Gasteiger partial charge is 0.338 e. The lowest BCUT2D eigenvalue weighted by atomic mass is 10.1. The largest absolute Gasteiger partial charge is 0.495 e. The van der Waals surface area contributed by atoms with Crippen molar-refractivity contribution in [1.82, 2.24) is 0 Å². The molecule has 0 fully saturated rings. The summed E-state index contributed by atoms with van der Waals surface area (Å²) < 4.78 is 23.1. The second-order valence-electron chi connectivity index (χ2n) is 5.53. The molecule has 0 aliphatic rings. The van der Waals surface area contributed by atoms with E-state index in [0.29, 0.717) is 5.69 Å². The lowest BCUT2D eigenvalue weighted by molar-refractivity contribution is 0.0691. The van der Waals surface area contributed by atoms with Crippen molar-refractivity contribution in [3.05, 3.63) is 65.5 Å². The predicted molar refractivity (Wildman–Crippen MR) is 104 cm³/mol. The van der Waals surface area contributed by atoms with Crippen LogP contribution in [0.5, 0.6) is 5.75 Å². The molecule has 0 spiro atoms. The van der Waals surface area contributed by atoms with Gasteiger partial charge in [-0.2, -0.15) is 0 Å². The average Bonchev–Trinajstić information content (AvgIpc) is 3.09. The van der Waals surface area contributed by atoms with Gasteiger partial charge in [0.25, 0.3) is 0 Å². The molecule has 0 aliphatic carbocycles. The van der Waals surface area contributed by atoms with E-state index >= 15 is 0 Å². The number of anilines is 1. The predicted octanol–water partition coefficient (Wildman–Crippen LogP) is 5.69. The Labute approximate surface area is 158 Å². The molecule has 0 atom stereocenters. The number of aromatic carboxylic acids is 1. The van der Waals surface area contributed by atoms with Crippen LogP contribution < -0.4 is 9.46 Å². The van der Waals surface area contributed by atoms with E-state index in [4.69, 9.17) is 9.84 Å². The van der Waals surface area contributed by atoms with Gasteiger partial charge < -0.3 is 14.6 Å². The van der Waals surface area contributed by atoms with Gasteiger partial charge in [-0.1, -0.05) is 29.8 Å². The summed E-state index contributed by atoms with van der Waals surface area (Å²) in [5.74, 6) is -1.87. The van der Waals surface area contributed by atoms with Crippen LogP contribution in [0.15, 0.2) is 52.7 Å². The summed E-state index contributed by atoms with van der Waals surface area (Å²) in [6.45, 7) is 2.05. The van der Waals surface area contributed by atoms with Gasteiger partial charge in [0.1, 0.15) is 11.6 Å². The molecule has 0 radical (unpaired) electrons. The molecular weight excluding hydrogens is 373 g/mol. The number of carbonyl (C=O) groups is 1. The Balaban J connectivity index is 1.76. The van der Waals surface area contributed by atoms with Crippen molar-refractivity contribution in [1.29, 1.82) is 0 Å². The van der Waals surface area contributed by atoms with Crippen LogP contribution in [0.4, 0.5) is 10.1 Å². The SMILES string of the molecule is COc1cc(C(=O)O)c(F)cc1NSc1ccc(-c2ccc(C)cc2)s1. The highest BCUT2D eigenvalue weighted by Crippen LogP contribution is 2.37. The Morgan fingerprint density at radius 2 is 1.92 bits per heavy atom. The third kappa shape index (κ3) is 4.00. The van der Waals surface area contributed by atoms with Crippen LogP contribution in [-0.2, 0) is 0 Å². The Morgan fingerprint density at radius 3 is 2.58 bits per heavy atom. The van der Waals surface area contributed by atoms with Crippen LogP contribution in [0.1, 0.15) is 15.9 Å². The molecule has 1 heterocycles. The van der Waals surface area contributed by atoms with Gasteiger partial charge in [0.15, 0.2) is 0 Å². The number of hydrogen-bond acceptors (Lipinski definition) is 5. The molecule has 4 nitrogen and oxygen atoms in total. The summed E-state index contributed by atoms with van der Waals surface area (Å²) in [6, 6.07) is 14.6. The van der Waals surface area contributed by atoms with Crippen molar-refractivity contribution in [2.45, 2.75) is 11.1 Å². The van der Waals surface area contributed by atoms with Gasteiger partial charge in [0.05, 0.1) is 22.6 Å². The number of carboxylic acid groups (broad SMARTS) is 1. The Kier molecular flexibility index (Phi) is 5.49. The second-order valence-corrected chi connectivity index (χ2v) is 7.72. The van der Waals surface area contributed by atoms with Gasteiger partial charge in [-0.3, -0.25) is 0 Å². The zero-order valence-corrected chi connectivity index (χ0v) is 15.7. The summed E-state index contributed by atoms with van der Waals surface area (Å²) in [5, 5.41) is 8.99. The molecule has 3 aromatic rings. The molecule has 0 unspecified atom stereocenters. The maximum atomic E-state index is 13.9. The fourth-order valence-corrected chi connectivity index (χ4v) is 4.13. The van der Waals surface area contributed by atoms with E-state index in [9.17, 15) is 9.18 Å². The number of carboxylic acids is 1. The van der Waals surface area contributed by atoms with Crippen LogP contribution in [0.2, 0.25) is 0 Å². The number of aryl methyl sites for hydroxylation is 1. The Bertz CT molecular complexity index is 938. The minimum absolute atomic E-state index is 0.270. The number of nitrogens with one attached hydrogen (secondary N) is 1.